The van der Waals surface area contributed by atoms with Crippen LogP contribution in [0.1, 0.15) is 59.6 Å². The van der Waals surface area contributed by atoms with E-state index in [1.165, 1.54) is 6.92 Å². The lowest BCUT2D eigenvalue weighted by molar-refractivity contribution is -0.303. The summed E-state index contributed by atoms with van der Waals surface area (Å²) in [6.45, 7) is 15.1. The first-order valence-electron chi connectivity index (χ1n) is 15.3. The molecule has 2 aromatic carbocycles. The monoisotopic (exact) mass is 701 g/mol. The Morgan fingerprint density at radius 3 is 1.69 bits per heavy atom. The van der Waals surface area contributed by atoms with Crippen LogP contribution in [-0.4, -0.2) is 61.3 Å². The van der Waals surface area contributed by atoms with Gasteiger partial charge in [0.25, 0.3) is 3.79 Å². The smallest absolute Gasteiger partial charge is 0.303 e. The van der Waals surface area contributed by atoms with Gasteiger partial charge in [-0.05, 0) is 27.8 Å². The molecule has 5 unspecified atom stereocenters. The van der Waals surface area contributed by atoms with E-state index >= 15 is 0 Å². The van der Waals surface area contributed by atoms with E-state index in [2.05, 4.69) is 41.5 Å². The number of esters is 1. The minimum absolute atomic E-state index is 0.152. The van der Waals surface area contributed by atoms with Crippen molar-refractivity contribution in [2.75, 3.05) is 6.61 Å². The highest BCUT2D eigenvalue weighted by Gasteiger charge is 2.53. The Morgan fingerprint density at radius 1 is 0.800 bits per heavy atom. The number of nitrogens with one attached hydrogen (secondary N) is 1. The number of carbonyl (C=O) groups is 1. The van der Waals surface area contributed by atoms with Crippen LogP contribution in [0.15, 0.2) is 60.7 Å². The van der Waals surface area contributed by atoms with Crippen molar-refractivity contribution in [3.63, 3.8) is 0 Å². The van der Waals surface area contributed by atoms with E-state index in [1.54, 1.807) is 0 Å². The van der Waals surface area contributed by atoms with Crippen molar-refractivity contribution in [2.24, 2.45) is 0 Å². The highest BCUT2D eigenvalue weighted by Crippen LogP contribution is 2.43. The molecule has 0 aliphatic carbocycles. The number of rotatable bonds is 14. The van der Waals surface area contributed by atoms with E-state index in [0.29, 0.717) is 16.6 Å². The van der Waals surface area contributed by atoms with Crippen molar-refractivity contribution in [2.45, 2.75) is 113 Å². The summed E-state index contributed by atoms with van der Waals surface area (Å²) in [4.78, 5) is 12.4. The molecule has 45 heavy (non-hydrogen) atoms. The van der Waals surface area contributed by atoms with Crippen molar-refractivity contribution in [3.05, 3.63) is 71.8 Å². The van der Waals surface area contributed by atoms with Crippen LogP contribution in [0.2, 0.25) is 16.6 Å². The third-order valence-corrected chi connectivity index (χ3v) is 14.8. The van der Waals surface area contributed by atoms with E-state index in [4.69, 9.17) is 68.3 Å². The second-order valence-corrected chi connectivity index (χ2v) is 20.0. The quantitative estimate of drug-likeness (QED) is 0.0695. The minimum Gasteiger partial charge on any atom is -0.453 e. The Morgan fingerprint density at radius 2 is 1.27 bits per heavy atom. The largest absolute Gasteiger partial charge is 0.453 e. The molecule has 1 N–H and O–H groups in total. The van der Waals surface area contributed by atoms with Gasteiger partial charge in [0.15, 0.2) is 14.4 Å². The van der Waals surface area contributed by atoms with E-state index in [0.717, 1.165) is 11.1 Å². The molecular weight excluding hydrogens is 657 g/mol. The van der Waals surface area contributed by atoms with Crippen LogP contribution in [0.4, 0.5) is 0 Å². The molecular formula is C33H46Cl3NO7Si. The van der Waals surface area contributed by atoms with Crippen molar-refractivity contribution in [1.29, 1.82) is 5.41 Å². The summed E-state index contributed by atoms with van der Waals surface area (Å²) in [5.41, 5.74) is 2.78. The highest BCUT2D eigenvalue weighted by molar-refractivity contribution is 6.77. The molecule has 250 valence electrons. The topological polar surface area (TPSA) is 96.3 Å². The SMILES string of the molecule is CC(=O)OC1C(OC(=N)C(Cl)(Cl)Cl)OC(CO[Si](C(C)C)(C(C)C)C(C)C)C(OCc2ccccc2)C1OCc1ccccc1. The average Bonchev–Trinajstić information content (AvgIpc) is 2.96. The van der Waals surface area contributed by atoms with E-state index in [1.807, 2.05) is 60.7 Å². The predicted octanol–water partition coefficient (Wildman–Crippen LogP) is 8.37. The normalized spacial score (nSPS) is 22.6. The molecule has 3 rings (SSSR count). The number of halogens is 3. The van der Waals surface area contributed by atoms with Crippen molar-refractivity contribution in [1.82, 2.24) is 0 Å². The number of carbonyl (C=O) groups excluding carboxylic acids is 1. The van der Waals surface area contributed by atoms with Crippen LogP contribution in [0, 0.1) is 5.41 Å². The first kappa shape index (κ1) is 37.8. The molecule has 1 fully saturated rings. The van der Waals surface area contributed by atoms with Gasteiger partial charge in [0.2, 0.25) is 12.2 Å². The van der Waals surface area contributed by atoms with Crippen LogP contribution in [0.3, 0.4) is 0 Å². The van der Waals surface area contributed by atoms with Gasteiger partial charge in [-0.25, -0.2) is 0 Å². The molecule has 0 aromatic heterocycles. The van der Waals surface area contributed by atoms with Crippen molar-refractivity contribution >= 4 is 55.0 Å². The standard InChI is InChI=1S/C33H46Cl3NO7Si/c1-21(2)45(22(3)4,23(5)6)41-20-27-28(39-18-25-14-10-8-11-15-25)29(40-19-26-16-12-9-13-17-26)30(42-24(7)38)31(43-27)44-32(37)33(34,35)36/h8-17,21-23,27-31,37H,18-20H2,1-7H3. The summed E-state index contributed by atoms with van der Waals surface area (Å²) < 4.78 is 35.9. The Bertz CT molecular complexity index is 1190. The van der Waals surface area contributed by atoms with Crippen LogP contribution in [-0.2, 0) is 46.1 Å². The maximum Gasteiger partial charge on any atom is 0.303 e. The predicted molar refractivity (Wildman–Crippen MR) is 180 cm³/mol. The lowest BCUT2D eigenvalue weighted by Crippen LogP contribution is -2.63. The maximum absolute atomic E-state index is 12.4. The van der Waals surface area contributed by atoms with Gasteiger partial charge < -0.3 is 28.1 Å². The zero-order valence-electron chi connectivity index (χ0n) is 27.0. The zero-order valence-corrected chi connectivity index (χ0v) is 30.3. The van der Waals surface area contributed by atoms with E-state index in [-0.39, 0.29) is 19.8 Å². The number of benzene rings is 2. The fourth-order valence-electron chi connectivity index (χ4n) is 6.26. The third-order valence-electron chi connectivity index (χ3n) is 8.16. The number of hydrogen-bond donors (Lipinski definition) is 1. The number of ether oxygens (including phenoxy) is 5. The Balaban J connectivity index is 2.07. The number of hydrogen-bond acceptors (Lipinski definition) is 8. The first-order chi connectivity index (χ1) is 21.2. The Kier molecular flexibility index (Phi) is 14.2. The molecule has 8 nitrogen and oxygen atoms in total. The van der Waals surface area contributed by atoms with E-state index < -0.39 is 54.7 Å². The minimum atomic E-state index is -2.36. The molecule has 1 aliphatic rings. The maximum atomic E-state index is 12.4. The van der Waals surface area contributed by atoms with Gasteiger partial charge in [0.1, 0.15) is 18.3 Å². The summed E-state index contributed by atoms with van der Waals surface area (Å²) in [6.07, 6.45) is -4.94. The van der Waals surface area contributed by atoms with E-state index in [9.17, 15) is 4.79 Å². The molecule has 2 aromatic rings. The summed E-state index contributed by atoms with van der Waals surface area (Å²) in [5.74, 6) is -1.29. The summed E-state index contributed by atoms with van der Waals surface area (Å²) in [5, 5.41) is 8.30. The summed E-state index contributed by atoms with van der Waals surface area (Å²) in [7, 11) is -2.36. The fourth-order valence-corrected chi connectivity index (χ4v) is 11.8. The molecule has 0 amide bonds. The average molecular weight is 703 g/mol. The third kappa shape index (κ3) is 10.1. The molecule has 0 spiro atoms. The molecule has 12 heteroatoms. The second-order valence-electron chi connectivity index (χ2n) is 12.2. The first-order valence-corrected chi connectivity index (χ1v) is 18.5. The lowest BCUT2D eigenvalue weighted by atomic mass is 9.98. The zero-order chi connectivity index (χ0) is 33.4. The summed E-state index contributed by atoms with van der Waals surface area (Å²) >= 11 is 18.0. The Labute approximate surface area is 283 Å². The van der Waals surface area contributed by atoms with Gasteiger partial charge in [0.05, 0.1) is 19.8 Å². The highest BCUT2D eigenvalue weighted by atomic mass is 35.6. The van der Waals surface area contributed by atoms with Crippen LogP contribution < -0.4 is 0 Å². The number of alkyl halides is 3. The van der Waals surface area contributed by atoms with Gasteiger partial charge in [0, 0.05) is 6.92 Å². The fraction of sp³-hybridized carbons (Fsp3) is 0.576. The molecule has 0 bridgehead atoms. The van der Waals surface area contributed by atoms with Crippen LogP contribution >= 0.6 is 34.8 Å². The molecule has 1 aliphatic heterocycles. The molecule has 1 saturated heterocycles. The second kappa shape index (κ2) is 16.9. The van der Waals surface area contributed by atoms with Crippen molar-refractivity contribution < 1.29 is 32.9 Å². The Hall–Kier alpha value is -1.69. The van der Waals surface area contributed by atoms with Crippen LogP contribution in [0.25, 0.3) is 0 Å². The lowest BCUT2D eigenvalue weighted by Gasteiger charge is -2.47. The van der Waals surface area contributed by atoms with Gasteiger partial charge in [-0.3, -0.25) is 10.2 Å². The summed E-state index contributed by atoms with van der Waals surface area (Å²) in [6, 6.07) is 19.3. The van der Waals surface area contributed by atoms with Crippen LogP contribution in [0.5, 0.6) is 0 Å². The van der Waals surface area contributed by atoms with Gasteiger partial charge in [-0.2, -0.15) is 0 Å². The molecule has 1 heterocycles. The molecule has 0 saturated carbocycles. The molecule has 0 radical (unpaired) electrons. The van der Waals surface area contributed by atoms with Gasteiger partial charge in [-0.15, -0.1) is 0 Å². The van der Waals surface area contributed by atoms with Crippen molar-refractivity contribution in [3.8, 4) is 0 Å². The van der Waals surface area contributed by atoms with Gasteiger partial charge >= 0.3 is 5.97 Å². The van der Waals surface area contributed by atoms with Gasteiger partial charge in [-0.1, -0.05) is 137 Å². The molecule has 5 atom stereocenters.